The van der Waals surface area contributed by atoms with Crippen LogP contribution in [0.2, 0.25) is 0 Å². The Morgan fingerprint density at radius 3 is 2.66 bits per heavy atom. The van der Waals surface area contributed by atoms with E-state index in [0.29, 0.717) is 47.5 Å². The van der Waals surface area contributed by atoms with Gasteiger partial charge in [0, 0.05) is 42.4 Å². The first kappa shape index (κ1) is 25.3. The van der Waals surface area contributed by atoms with Crippen molar-refractivity contribution in [1.29, 1.82) is 0 Å². The van der Waals surface area contributed by atoms with Gasteiger partial charge in [-0.25, -0.2) is 9.18 Å². The Balaban J connectivity index is 1.31. The van der Waals surface area contributed by atoms with E-state index in [1.165, 1.54) is 4.90 Å². The van der Waals surface area contributed by atoms with E-state index in [1.807, 2.05) is 5.32 Å². The third-order valence-electron chi connectivity index (χ3n) is 6.48. The van der Waals surface area contributed by atoms with E-state index < -0.39 is 53.5 Å². The number of alkyl halides is 3. The van der Waals surface area contributed by atoms with Crippen LogP contribution in [0, 0.1) is 5.82 Å². The molecule has 14 heteroatoms. The minimum atomic E-state index is -5.00. The fourth-order valence-electron chi connectivity index (χ4n) is 4.84. The summed E-state index contributed by atoms with van der Waals surface area (Å²) >= 11 is 0. The normalized spacial score (nSPS) is 18.5. The van der Waals surface area contributed by atoms with Crippen LogP contribution in [0.15, 0.2) is 24.3 Å². The Bertz CT molecular complexity index is 1360. The number of nitrogens with zero attached hydrogens (tertiary/aromatic N) is 1. The highest BCUT2D eigenvalue weighted by Crippen LogP contribution is 2.39. The molecule has 0 aliphatic carbocycles. The lowest BCUT2D eigenvalue weighted by Gasteiger charge is -2.29. The quantitative estimate of drug-likeness (QED) is 0.396. The fraction of sp³-hybridized carbons (Fsp3) is 0.333. The lowest BCUT2D eigenvalue weighted by Crippen LogP contribution is -2.52. The van der Waals surface area contributed by atoms with Crippen LogP contribution in [0.4, 0.5) is 33.7 Å². The molecule has 3 aliphatic heterocycles. The van der Waals surface area contributed by atoms with E-state index in [2.05, 4.69) is 15.4 Å². The highest BCUT2D eigenvalue weighted by molar-refractivity contribution is 6.06. The lowest BCUT2D eigenvalue weighted by atomic mass is 9.97. The van der Waals surface area contributed by atoms with Crippen LogP contribution >= 0.6 is 0 Å². The summed E-state index contributed by atoms with van der Waals surface area (Å²) in [7, 11) is 0. The molecule has 0 radical (unpaired) electrons. The van der Waals surface area contributed by atoms with Crippen molar-refractivity contribution in [3.8, 4) is 5.75 Å². The largest absolute Gasteiger partial charge is 0.573 e. The number of carbonyl (C=O) groups excluding carboxylic acids is 4. The minimum absolute atomic E-state index is 0.118. The number of hydrogen-bond donors (Lipinski definition) is 3. The first-order valence-electron chi connectivity index (χ1n) is 11.6. The van der Waals surface area contributed by atoms with Crippen molar-refractivity contribution in [2.45, 2.75) is 44.8 Å². The van der Waals surface area contributed by atoms with Crippen LogP contribution in [0.5, 0.6) is 5.75 Å². The number of hydrogen-bond acceptors (Lipinski definition) is 7. The van der Waals surface area contributed by atoms with Gasteiger partial charge in [0.05, 0.1) is 5.69 Å². The smallest absolute Gasteiger partial charge is 0.444 e. The minimum Gasteiger partial charge on any atom is -0.444 e. The summed E-state index contributed by atoms with van der Waals surface area (Å²) < 4.78 is 60.3. The SMILES string of the molecule is O=C1CCC(N2Cc3c(cc(COC(=O)Nc4cc(OC(F)(F)F)ccc4F)c4c3NCC4)C2=O)C(=O)N1. The van der Waals surface area contributed by atoms with E-state index in [9.17, 15) is 36.7 Å². The second-order valence-electron chi connectivity index (χ2n) is 8.88. The average Bonchev–Trinajstić information content (AvgIpc) is 3.44. The molecule has 200 valence electrons. The van der Waals surface area contributed by atoms with E-state index in [0.717, 1.165) is 11.6 Å². The molecule has 2 aromatic rings. The van der Waals surface area contributed by atoms with Gasteiger partial charge in [0.2, 0.25) is 11.8 Å². The summed E-state index contributed by atoms with van der Waals surface area (Å²) in [4.78, 5) is 50.8. The summed E-state index contributed by atoms with van der Waals surface area (Å²) in [6.07, 6.45) is -5.23. The maximum atomic E-state index is 14.0. The molecule has 1 atom stereocenters. The first-order chi connectivity index (χ1) is 18.0. The lowest BCUT2D eigenvalue weighted by molar-refractivity contribution is -0.274. The van der Waals surface area contributed by atoms with Crippen LogP contribution in [-0.2, 0) is 33.9 Å². The van der Waals surface area contributed by atoms with E-state index >= 15 is 0 Å². The van der Waals surface area contributed by atoms with Gasteiger partial charge in [0.1, 0.15) is 24.2 Å². The number of imide groups is 1. The molecule has 0 bridgehead atoms. The third kappa shape index (κ3) is 4.93. The number of piperidine rings is 1. The second kappa shape index (κ2) is 9.50. The Morgan fingerprint density at radius 1 is 1.13 bits per heavy atom. The number of rotatable bonds is 5. The Morgan fingerprint density at radius 2 is 1.92 bits per heavy atom. The average molecular weight is 536 g/mol. The van der Waals surface area contributed by atoms with E-state index in [-0.39, 0.29) is 26.0 Å². The van der Waals surface area contributed by atoms with Crippen LogP contribution in [-0.4, -0.2) is 47.7 Å². The second-order valence-corrected chi connectivity index (χ2v) is 8.88. The van der Waals surface area contributed by atoms with Crippen molar-refractivity contribution in [1.82, 2.24) is 10.2 Å². The number of ether oxygens (including phenoxy) is 2. The highest BCUT2D eigenvalue weighted by atomic mass is 19.4. The summed E-state index contributed by atoms with van der Waals surface area (Å²) in [6, 6.07) is 2.91. The van der Waals surface area contributed by atoms with Gasteiger partial charge in [-0.3, -0.25) is 25.0 Å². The molecule has 1 fully saturated rings. The third-order valence-corrected chi connectivity index (χ3v) is 6.48. The maximum absolute atomic E-state index is 14.0. The van der Waals surface area contributed by atoms with Crippen LogP contribution in [0.25, 0.3) is 0 Å². The summed E-state index contributed by atoms with van der Waals surface area (Å²) in [6.45, 7) is 0.428. The number of fused-ring (bicyclic) bond motifs is 3. The van der Waals surface area contributed by atoms with E-state index in [1.54, 1.807) is 6.07 Å². The van der Waals surface area contributed by atoms with Crippen molar-refractivity contribution in [3.05, 3.63) is 52.3 Å². The maximum Gasteiger partial charge on any atom is 0.573 e. The molecule has 3 N–H and O–H groups in total. The molecular formula is C24H20F4N4O6. The van der Waals surface area contributed by atoms with Gasteiger partial charge < -0.3 is 19.7 Å². The van der Waals surface area contributed by atoms with Crippen molar-refractivity contribution in [2.24, 2.45) is 0 Å². The number of halogens is 4. The highest BCUT2D eigenvalue weighted by Gasteiger charge is 2.41. The number of nitrogens with one attached hydrogen (secondary N) is 3. The molecule has 0 spiro atoms. The Labute approximate surface area is 212 Å². The van der Waals surface area contributed by atoms with Crippen molar-refractivity contribution in [2.75, 3.05) is 17.2 Å². The zero-order chi connectivity index (χ0) is 27.2. The van der Waals surface area contributed by atoms with Crippen molar-refractivity contribution in [3.63, 3.8) is 0 Å². The molecule has 4 amide bonds. The van der Waals surface area contributed by atoms with Gasteiger partial charge in [-0.2, -0.15) is 0 Å². The van der Waals surface area contributed by atoms with Crippen molar-refractivity contribution < 1.29 is 46.2 Å². The number of anilines is 2. The predicted octanol–water partition coefficient (Wildman–Crippen LogP) is 3.20. The molecule has 38 heavy (non-hydrogen) atoms. The number of amides is 4. The first-order valence-corrected chi connectivity index (χ1v) is 11.6. The van der Waals surface area contributed by atoms with Gasteiger partial charge in [-0.05, 0) is 42.2 Å². The molecule has 1 saturated heterocycles. The molecule has 0 saturated carbocycles. The number of carbonyl (C=O) groups is 4. The zero-order valence-corrected chi connectivity index (χ0v) is 19.5. The molecule has 2 aromatic carbocycles. The summed E-state index contributed by atoms with van der Waals surface area (Å²) in [5, 5.41) is 7.51. The molecule has 3 aliphatic rings. The number of benzene rings is 2. The van der Waals surface area contributed by atoms with Crippen LogP contribution in [0.3, 0.4) is 0 Å². The molecule has 0 aromatic heterocycles. The molecule has 3 heterocycles. The van der Waals surface area contributed by atoms with Gasteiger partial charge in [0.25, 0.3) is 5.91 Å². The standard InChI is InChI=1S/C24H20F4N4O6/c25-16-2-1-12(38-24(26,27)28)8-17(16)30-23(36)37-10-11-7-14-15(20-13(11)5-6-29-20)9-32(22(14)35)18-3-4-19(33)31-21(18)34/h1-2,7-8,18,29H,3-6,9-10H2,(H,30,36)(H,31,33,34). The van der Waals surface area contributed by atoms with Gasteiger partial charge in [-0.15, -0.1) is 13.2 Å². The Hall–Kier alpha value is -4.36. The molecule has 10 nitrogen and oxygen atoms in total. The van der Waals surface area contributed by atoms with Crippen LogP contribution in [0.1, 0.15) is 39.9 Å². The van der Waals surface area contributed by atoms with Gasteiger partial charge in [-0.1, -0.05) is 0 Å². The Kier molecular flexibility index (Phi) is 6.33. The summed E-state index contributed by atoms with van der Waals surface area (Å²) in [5.41, 5.74) is 2.46. The molecular weight excluding hydrogens is 516 g/mol. The predicted molar refractivity (Wildman–Crippen MR) is 122 cm³/mol. The summed E-state index contributed by atoms with van der Waals surface area (Å²) in [5.74, 6) is -3.06. The van der Waals surface area contributed by atoms with Crippen molar-refractivity contribution >= 4 is 35.2 Å². The van der Waals surface area contributed by atoms with Gasteiger partial charge >= 0.3 is 12.5 Å². The van der Waals surface area contributed by atoms with E-state index in [4.69, 9.17) is 4.74 Å². The monoisotopic (exact) mass is 536 g/mol. The topological polar surface area (TPSA) is 126 Å². The van der Waals surface area contributed by atoms with Crippen LogP contribution < -0.4 is 20.7 Å². The molecule has 5 rings (SSSR count). The fourth-order valence-corrected chi connectivity index (χ4v) is 4.84. The van der Waals surface area contributed by atoms with Gasteiger partial charge in [0.15, 0.2) is 0 Å². The zero-order valence-electron chi connectivity index (χ0n) is 19.5. The molecule has 1 unspecified atom stereocenters.